The van der Waals surface area contributed by atoms with E-state index in [1.54, 1.807) is 6.08 Å². The summed E-state index contributed by atoms with van der Waals surface area (Å²) < 4.78 is 16.6. The number of ether oxygens (including phenoxy) is 3. The van der Waals surface area contributed by atoms with Crippen molar-refractivity contribution >= 4 is 17.9 Å². The maximum Gasteiger partial charge on any atom is 0.310 e. The van der Waals surface area contributed by atoms with Gasteiger partial charge in [0.05, 0.1) is 6.42 Å². The number of carbonyl (C=O) groups excluding carboxylic acids is 3. The van der Waals surface area contributed by atoms with Crippen molar-refractivity contribution in [1.29, 1.82) is 0 Å². The fourth-order valence-corrected chi connectivity index (χ4v) is 6.87. The summed E-state index contributed by atoms with van der Waals surface area (Å²) in [6.07, 6.45) is 58.2. The minimum Gasteiger partial charge on any atom is -0.462 e. The van der Waals surface area contributed by atoms with Crippen molar-refractivity contribution in [2.24, 2.45) is 0 Å². The molecule has 340 valence electrons. The Morgan fingerprint density at radius 2 is 0.644 bits per heavy atom. The van der Waals surface area contributed by atoms with Gasteiger partial charge in [-0.3, -0.25) is 14.4 Å². The van der Waals surface area contributed by atoms with E-state index in [1.807, 2.05) is 6.08 Å². The lowest BCUT2D eigenvalue weighted by Gasteiger charge is -2.18. The van der Waals surface area contributed by atoms with Crippen LogP contribution in [0.3, 0.4) is 0 Å². The summed E-state index contributed by atoms with van der Waals surface area (Å²) in [7, 11) is 0. The van der Waals surface area contributed by atoms with Gasteiger partial charge < -0.3 is 14.2 Å². The van der Waals surface area contributed by atoms with Gasteiger partial charge in [-0.1, -0.05) is 236 Å². The Morgan fingerprint density at radius 3 is 0.966 bits per heavy atom. The average molecular weight is 825 g/mol. The van der Waals surface area contributed by atoms with Gasteiger partial charge in [-0.25, -0.2) is 0 Å². The molecule has 0 radical (unpaired) electrons. The van der Waals surface area contributed by atoms with Crippen molar-refractivity contribution in [2.45, 2.75) is 245 Å². The molecule has 0 aliphatic carbocycles. The Balaban J connectivity index is 4.33. The second-order valence-corrected chi connectivity index (χ2v) is 16.4. The van der Waals surface area contributed by atoms with E-state index in [9.17, 15) is 14.4 Å². The molecule has 0 saturated carbocycles. The van der Waals surface area contributed by atoms with E-state index in [2.05, 4.69) is 69.4 Å². The summed E-state index contributed by atoms with van der Waals surface area (Å²) in [4.78, 5) is 37.7. The lowest BCUT2D eigenvalue weighted by atomic mass is 10.0. The molecule has 6 nitrogen and oxygen atoms in total. The molecule has 6 heteroatoms. The minimum atomic E-state index is -0.822. The van der Waals surface area contributed by atoms with E-state index >= 15 is 0 Å². The molecule has 59 heavy (non-hydrogen) atoms. The second-order valence-electron chi connectivity index (χ2n) is 16.4. The van der Waals surface area contributed by atoms with Gasteiger partial charge in [0.25, 0.3) is 0 Å². The summed E-state index contributed by atoms with van der Waals surface area (Å²) in [6, 6.07) is 0. The Morgan fingerprint density at radius 1 is 0.356 bits per heavy atom. The number of hydrogen-bond acceptors (Lipinski definition) is 6. The smallest absolute Gasteiger partial charge is 0.310 e. The monoisotopic (exact) mass is 825 g/mol. The normalized spacial score (nSPS) is 12.5. The maximum absolute atomic E-state index is 12.7. The van der Waals surface area contributed by atoms with Crippen molar-refractivity contribution in [3.8, 4) is 0 Å². The molecule has 0 heterocycles. The average Bonchev–Trinajstić information content (AvgIpc) is 3.23. The first-order valence-electron chi connectivity index (χ1n) is 24.8. The van der Waals surface area contributed by atoms with Gasteiger partial charge in [-0.2, -0.15) is 0 Å². The van der Waals surface area contributed by atoms with E-state index in [-0.39, 0.29) is 31.6 Å². The van der Waals surface area contributed by atoms with Gasteiger partial charge in [-0.05, 0) is 44.9 Å². The first-order chi connectivity index (χ1) is 29.0. The van der Waals surface area contributed by atoms with Crippen LogP contribution in [0.15, 0.2) is 60.8 Å². The van der Waals surface area contributed by atoms with Crippen LogP contribution in [0, 0.1) is 0 Å². The van der Waals surface area contributed by atoms with Crippen molar-refractivity contribution in [3.63, 3.8) is 0 Å². The Labute approximate surface area is 364 Å². The van der Waals surface area contributed by atoms with Crippen LogP contribution >= 0.6 is 0 Å². The highest BCUT2D eigenvalue weighted by molar-refractivity contribution is 5.72. The molecule has 0 saturated heterocycles. The van der Waals surface area contributed by atoms with Crippen molar-refractivity contribution in [2.75, 3.05) is 13.2 Å². The molecule has 0 rings (SSSR count). The molecule has 0 N–H and O–H groups in total. The van der Waals surface area contributed by atoms with Crippen molar-refractivity contribution in [1.82, 2.24) is 0 Å². The number of esters is 3. The summed E-state index contributed by atoms with van der Waals surface area (Å²) in [5, 5.41) is 0. The molecule has 0 aliphatic rings. The zero-order valence-corrected chi connectivity index (χ0v) is 38.8. The second kappa shape index (κ2) is 47.8. The highest BCUT2D eigenvalue weighted by atomic mass is 16.6. The SMILES string of the molecule is CC/C=C\C/C=C\C/C=C\C/C=C\C/C=C\CC(=O)OC(COC(=O)CCCCCCCCC)COC(=O)CCCCCCCCCCCCCCCCCCCCC. The summed E-state index contributed by atoms with van der Waals surface area (Å²) in [5.41, 5.74) is 0. The molecule has 0 spiro atoms. The fraction of sp³-hybridized carbons (Fsp3) is 0.755. The van der Waals surface area contributed by atoms with E-state index in [4.69, 9.17) is 14.2 Å². The lowest BCUT2D eigenvalue weighted by Crippen LogP contribution is -2.30. The predicted molar refractivity (Wildman–Crippen MR) is 251 cm³/mol. The molecular weight excluding hydrogens is 733 g/mol. The topological polar surface area (TPSA) is 78.9 Å². The van der Waals surface area contributed by atoms with Gasteiger partial charge in [0.1, 0.15) is 13.2 Å². The van der Waals surface area contributed by atoms with Crippen LogP contribution in [0.4, 0.5) is 0 Å². The lowest BCUT2D eigenvalue weighted by molar-refractivity contribution is -0.166. The van der Waals surface area contributed by atoms with Crippen LogP contribution in [0.1, 0.15) is 239 Å². The zero-order chi connectivity index (χ0) is 43.0. The standard InChI is InChI=1S/C53H92O6/c1-4-7-10-13-16-18-20-22-24-25-26-27-29-30-32-34-37-40-43-46-52(55)58-49-50(48-57-51(54)45-42-39-36-15-12-9-6-3)59-53(56)47-44-41-38-35-33-31-28-23-21-19-17-14-11-8-5-2/h8,11,17,19,23,28,33,35,41,44,50H,4-7,9-10,12-16,18,20-22,24-27,29-32,34,36-40,42-43,45-49H2,1-3H3/b11-8-,19-17-,28-23-,35-33-,44-41-. The first kappa shape index (κ1) is 56.1. The van der Waals surface area contributed by atoms with Gasteiger partial charge in [0, 0.05) is 12.8 Å². The Bertz CT molecular complexity index is 1090. The Kier molecular flexibility index (Phi) is 45.4. The molecule has 0 aromatic rings. The number of hydrogen-bond donors (Lipinski definition) is 0. The molecule has 0 aliphatic heterocycles. The van der Waals surface area contributed by atoms with E-state index in [0.29, 0.717) is 12.8 Å². The molecule has 0 aromatic heterocycles. The quantitative estimate of drug-likeness (QED) is 0.0263. The maximum atomic E-state index is 12.7. The van der Waals surface area contributed by atoms with Crippen LogP contribution in [0.5, 0.6) is 0 Å². The number of unbranched alkanes of at least 4 members (excludes halogenated alkanes) is 24. The third-order valence-electron chi connectivity index (χ3n) is 10.6. The molecular formula is C53H92O6. The third kappa shape index (κ3) is 46.0. The third-order valence-corrected chi connectivity index (χ3v) is 10.6. The minimum absolute atomic E-state index is 0.100. The molecule has 1 atom stereocenters. The first-order valence-corrected chi connectivity index (χ1v) is 24.8. The zero-order valence-electron chi connectivity index (χ0n) is 38.8. The van der Waals surface area contributed by atoms with E-state index in [0.717, 1.165) is 70.6 Å². The van der Waals surface area contributed by atoms with Crippen LogP contribution in [-0.4, -0.2) is 37.2 Å². The largest absolute Gasteiger partial charge is 0.462 e. The van der Waals surface area contributed by atoms with E-state index < -0.39 is 12.1 Å². The summed E-state index contributed by atoms with van der Waals surface area (Å²) in [6.45, 7) is 6.40. The molecule has 1 unspecified atom stereocenters. The van der Waals surface area contributed by atoms with Crippen molar-refractivity contribution in [3.05, 3.63) is 60.8 Å². The fourth-order valence-electron chi connectivity index (χ4n) is 6.87. The molecule has 0 bridgehead atoms. The summed E-state index contributed by atoms with van der Waals surface area (Å²) in [5.74, 6) is -1.04. The van der Waals surface area contributed by atoms with Gasteiger partial charge in [-0.15, -0.1) is 0 Å². The van der Waals surface area contributed by atoms with Crippen LogP contribution in [-0.2, 0) is 28.6 Å². The van der Waals surface area contributed by atoms with Gasteiger partial charge in [0.15, 0.2) is 6.10 Å². The van der Waals surface area contributed by atoms with E-state index in [1.165, 1.54) is 128 Å². The van der Waals surface area contributed by atoms with Crippen LogP contribution in [0.25, 0.3) is 0 Å². The summed E-state index contributed by atoms with van der Waals surface area (Å²) >= 11 is 0. The van der Waals surface area contributed by atoms with Crippen LogP contribution in [0.2, 0.25) is 0 Å². The molecule has 0 fully saturated rings. The predicted octanol–water partition coefficient (Wildman–Crippen LogP) is 16.1. The number of allylic oxidation sites excluding steroid dienone is 9. The number of rotatable bonds is 44. The highest BCUT2D eigenvalue weighted by Crippen LogP contribution is 2.15. The number of carbonyl (C=O) groups is 3. The van der Waals surface area contributed by atoms with Crippen LogP contribution < -0.4 is 0 Å². The van der Waals surface area contributed by atoms with Gasteiger partial charge in [0.2, 0.25) is 0 Å². The molecule has 0 aromatic carbocycles. The molecule has 0 amide bonds. The Hall–Kier alpha value is -2.89. The van der Waals surface area contributed by atoms with Crippen molar-refractivity contribution < 1.29 is 28.6 Å². The van der Waals surface area contributed by atoms with Gasteiger partial charge >= 0.3 is 17.9 Å². The highest BCUT2D eigenvalue weighted by Gasteiger charge is 2.19.